The first-order valence-corrected chi connectivity index (χ1v) is 7.49. The van der Waals surface area contributed by atoms with Crippen molar-refractivity contribution in [3.63, 3.8) is 0 Å². The van der Waals surface area contributed by atoms with Crippen LogP contribution in [-0.4, -0.2) is 4.57 Å². The number of fused-ring (bicyclic) bond motifs is 1. The van der Waals surface area contributed by atoms with Crippen molar-refractivity contribution in [1.82, 2.24) is 4.57 Å². The Labute approximate surface area is 142 Å². The second-order valence-corrected chi connectivity index (χ2v) is 5.77. The molecule has 3 aromatic rings. The van der Waals surface area contributed by atoms with E-state index in [-0.39, 0.29) is 12.2 Å². The Morgan fingerprint density at radius 2 is 1.96 bits per heavy atom. The average Bonchev–Trinajstić information content (AvgIpc) is 2.86. The molecule has 0 fully saturated rings. The molecule has 0 amide bonds. The molecule has 0 aliphatic carbocycles. The number of hydrogen-bond acceptors (Lipinski definition) is 2. The van der Waals surface area contributed by atoms with Gasteiger partial charge in [0.25, 0.3) is 0 Å². The number of hydrogen-bond donors (Lipinski definition) is 1. The first kappa shape index (κ1) is 16.7. The molecule has 0 saturated heterocycles. The van der Waals surface area contributed by atoms with Gasteiger partial charge in [0.1, 0.15) is 5.82 Å². The summed E-state index contributed by atoms with van der Waals surface area (Å²) in [5.74, 6) is -2.31. The summed E-state index contributed by atoms with van der Waals surface area (Å²) < 4.78 is 42.3. The van der Waals surface area contributed by atoms with Crippen LogP contribution in [0.2, 0.25) is 0 Å². The molecule has 0 saturated carbocycles. The fraction of sp³-hybridized carbons (Fsp3) is 0.105. The molecule has 126 valence electrons. The van der Waals surface area contributed by atoms with E-state index in [0.29, 0.717) is 22.0 Å². The minimum Gasteiger partial charge on any atom is -0.398 e. The quantitative estimate of drug-likeness (QED) is 0.725. The van der Waals surface area contributed by atoms with Gasteiger partial charge in [-0.05, 0) is 42.3 Å². The highest BCUT2D eigenvalue weighted by atomic mass is 19.2. The summed E-state index contributed by atoms with van der Waals surface area (Å²) in [5.41, 5.74) is 8.41. The molecule has 1 heterocycles. The zero-order valence-electron chi connectivity index (χ0n) is 13.4. The Morgan fingerprint density at radius 3 is 2.64 bits per heavy atom. The molecule has 3 rings (SSSR count). The van der Waals surface area contributed by atoms with Gasteiger partial charge in [0.05, 0.1) is 17.3 Å². The van der Waals surface area contributed by atoms with Crippen molar-refractivity contribution in [2.45, 2.75) is 13.5 Å². The molecule has 0 radical (unpaired) electrons. The van der Waals surface area contributed by atoms with Gasteiger partial charge in [0.15, 0.2) is 11.6 Å². The molecule has 0 spiro atoms. The molecule has 1 aromatic heterocycles. The van der Waals surface area contributed by atoms with Gasteiger partial charge >= 0.3 is 0 Å². The number of aryl methyl sites for hydroxylation is 1. The molecule has 0 aliphatic heterocycles. The van der Waals surface area contributed by atoms with Crippen molar-refractivity contribution in [3.8, 4) is 6.07 Å². The Bertz CT molecular complexity index is 1040. The van der Waals surface area contributed by atoms with Crippen LogP contribution in [0.25, 0.3) is 16.6 Å². The standard InChI is InChI=1S/C19H14F3N3/c1-11-9-25(10-12-2-3-16(21)17(22)6-12)19-14(11)7-13(20)8-15(19)18(24)4-5-23/h2-4,6-9H,10,24H2,1H3/b18-4-. The predicted molar refractivity (Wildman–Crippen MR) is 89.9 cm³/mol. The fourth-order valence-electron chi connectivity index (χ4n) is 2.90. The third-order valence-corrected chi connectivity index (χ3v) is 4.00. The van der Waals surface area contributed by atoms with Gasteiger partial charge in [-0.15, -0.1) is 0 Å². The number of halogens is 3. The Hall–Kier alpha value is -3.20. The van der Waals surface area contributed by atoms with Gasteiger partial charge in [-0.3, -0.25) is 0 Å². The number of nitrogens with zero attached hydrogens (tertiary/aromatic N) is 2. The summed E-state index contributed by atoms with van der Waals surface area (Å²) >= 11 is 0. The Balaban J connectivity index is 2.20. The predicted octanol–water partition coefficient (Wildman–Crippen LogP) is 4.24. The van der Waals surface area contributed by atoms with E-state index in [9.17, 15) is 13.2 Å². The Kier molecular flexibility index (Phi) is 4.24. The van der Waals surface area contributed by atoms with Gasteiger partial charge in [0, 0.05) is 29.8 Å². The van der Waals surface area contributed by atoms with Crippen LogP contribution < -0.4 is 5.73 Å². The van der Waals surface area contributed by atoms with Gasteiger partial charge < -0.3 is 10.3 Å². The maximum Gasteiger partial charge on any atom is 0.159 e. The lowest BCUT2D eigenvalue weighted by Crippen LogP contribution is -2.04. The number of allylic oxidation sites excluding steroid dienone is 1. The monoisotopic (exact) mass is 341 g/mol. The zero-order valence-corrected chi connectivity index (χ0v) is 13.4. The van der Waals surface area contributed by atoms with E-state index in [1.54, 1.807) is 10.8 Å². The minimum absolute atomic E-state index is 0.136. The van der Waals surface area contributed by atoms with E-state index >= 15 is 0 Å². The summed E-state index contributed by atoms with van der Waals surface area (Å²) in [6.45, 7) is 2.07. The molecule has 0 unspecified atom stereocenters. The highest BCUT2D eigenvalue weighted by molar-refractivity contribution is 5.94. The molecule has 6 heteroatoms. The smallest absolute Gasteiger partial charge is 0.159 e. The minimum atomic E-state index is -0.930. The number of aromatic nitrogens is 1. The summed E-state index contributed by atoms with van der Waals surface area (Å²) in [4.78, 5) is 0. The summed E-state index contributed by atoms with van der Waals surface area (Å²) in [6.07, 6.45) is 2.92. The van der Waals surface area contributed by atoms with E-state index in [1.165, 1.54) is 18.2 Å². The van der Waals surface area contributed by atoms with Crippen LogP contribution >= 0.6 is 0 Å². The highest BCUT2D eigenvalue weighted by Gasteiger charge is 2.15. The second-order valence-electron chi connectivity index (χ2n) is 5.77. The van der Waals surface area contributed by atoms with Gasteiger partial charge in [-0.2, -0.15) is 5.26 Å². The van der Waals surface area contributed by atoms with E-state index < -0.39 is 17.5 Å². The zero-order chi connectivity index (χ0) is 18.1. The van der Waals surface area contributed by atoms with Crippen molar-refractivity contribution in [1.29, 1.82) is 5.26 Å². The van der Waals surface area contributed by atoms with Crippen molar-refractivity contribution in [3.05, 3.63) is 76.7 Å². The molecule has 25 heavy (non-hydrogen) atoms. The van der Waals surface area contributed by atoms with Gasteiger partial charge in [-0.1, -0.05) is 6.07 Å². The normalized spacial score (nSPS) is 11.7. The van der Waals surface area contributed by atoms with Gasteiger partial charge in [-0.25, -0.2) is 13.2 Å². The molecular weight excluding hydrogens is 327 g/mol. The highest BCUT2D eigenvalue weighted by Crippen LogP contribution is 2.29. The van der Waals surface area contributed by atoms with Crippen molar-refractivity contribution < 1.29 is 13.2 Å². The summed E-state index contributed by atoms with van der Waals surface area (Å²) in [6, 6.07) is 8.14. The second kappa shape index (κ2) is 6.36. The third-order valence-electron chi connectivity index (χ3n) is 4.00. The summed E-state index contributed by atoms with van der Waals surface area (Å²) in [5, 5.41) is 9.47. The largest absolute Gasteiger partial charge is 0.398 e. The molecule has 0 bridgehead atoms. The molecule has 3 nitrogen and oxygen atoms in total. The molecule has 2 N–H and O–H groups in total. The van der Waals surface area contributed by atoms with E-state index in [0.717, 1.165) is 23.8 Å². The lowest BCUT2D eigenvalue weighted by molar-refractivity contribution is 0.506. The number of benzene rings is 2. The molecular formula is C19H14F3N3. The lowest BCUT2D eigenvalue weighted by atomic mass is 10.1. The van der Waals surface area contributed by atoms with Crippen LogP contribution in [0.5, 0.6) is 0 Å². The molecule has 0 aliphatic rings. The van der Waals surface area contributed by atoms with Crippen LogP contribution in [0.15, 0.2) is 42.6 Å². The SMILES string of the molecule is Cc1cn(Cc2ccc(F)c(F)c2)c2c(/C(N)=C/C#N)cc(F)cc12. The maximum atomic E-state index is 13.9. The van der Waals surface area contributed by atoms with E-state index in [2.05, 4.69) is 0 Å². The average molecular weight is 341 g/mol. The first-order valence-electron chi connectivity index (χ1n) is 7.49. The molecule has 2 aromatic carbocycles. The summed E-state index contributed by atoms with van der Waals surface area (Å²) in [7, 11) is 0. The van der Waals surface area contributed by atoms with Crippen molar-refractivity contribution >= 4 is 16.6 Å². The third kappa shape index (κ3) is 3.09. The maximum absolute atomic E-state index is 13.9. The van der Waals surface area contributed by atoms with Crippen LogP contribution in [0.3, 0.4) is 0 Å². The van der Waals surface area contributed by atoms with Crippen molar-refractivity contribution in [2.75, 3.05) is 0 Å². The van der Waals surface area contributed by atoms with Crippen LogP contribution in [0.4, 0.5) is 13.2 Å². The first-order chi connectivity index (χ1) is 11.9. The fourth-order valence-corrected chi connectivity index (χ4v) is 2.90. The number of rotatable bonds is 3. The topological polar surface area (TPSA) is 54.7 Å². The van der Waals surface area contributed by atoms with Crippen LogP contribution in [-0.2, 0) is 6.54 Å². The van der Waals surface area contributed by atoms with Crippen LogP contribution in [0.1, 0.15) is 16.7 Å². The van der Waals surface area contributed by atoms with E-state index in [4.69, 9.17) is 11.0 Å². The van der Waals surface area contributed by atoms with Gasteiger partial charge in [0.2, 0.25) is 0 Å². The van der Waals surface area contributed by atoms with Crippen molar-refractivity contribution in [2.24, 2.45) is 5.73 Å². The number of nitrogens with two attached hydrogens (primary N) is 1. The van der Waals surface area contributed by atoms with E-state index in [1.807, 2.05) is 13.0 Å². The lowest BCUT2D eigenvalue weighted by Gasteiger charge is -2.11. The molecule has 0 atom stereocenters. The number of nitriles is 1. The van der Waals surface area contributed by atoms with Crippen LogP contribution in [0, 0.1) is 35.7 Å². The Morgan fingerprint density at radius 1 is 1.20 bits per heavy atom.